The summed E-state index contributed by atoms with van der Waals surface area (Å²) in [5.41, 5.74) is 1.78. The largest absolute Gasteiger partial charge is 0.452 e. The number of carbonyl (C=O) groups excluding carboxylic acids is 2. The van der Waals surface area contributed by atoms with E-state index in [1.54, 1.807) is 12.1 Å². The molecule has 0 heterocycles. The van der Waals surface area contributed by atoms with E-state index in [4.69, 9.17) is 16.3 Å². The molecule has 0 radical (unpaired) electrons. The highest BCUT2D eigenvalue weighted by atomic mass is 35.5. The molecular weight excluding hydrogens is 348 g/mol. The van der Waals surface area contributed by atoms with E-state index in [9.17, 15) is 19.7 Å². The fourth-order valence-electron chi connectivity index (χ4n) is 2.28. The van der Waals surface area contributed by atoms with Crippen LogP contribution in [0, 0.1) is 24.0 Å². The van der Waals surface area contributed by atoms with Gasteiger partial charge in [0, 0.05) is 16.8 Å². The first kappa shape index (κ1) is 18.4. The van der Waals surface area contributed by atoms with E-state index < -0.39 is 29.1 Å². The van der Waals surface area contributed by atoms with Gasteiger partial charge in [0.15, 0.2) is 6.61 Å². The molecule has 7 nitrogen and oxygen atoms in total. The predicted molar refractivity (Wildman–Crippen MR) is 92.9 cm³/mol. The van der Waals surface area contributed by atoms with Gasteiger partial charge in [0.25, 0.3) is 11.6 Å². The minimum absolute atomic E-state index is 0.121. The Morgan fingerprint density at radius 1 is 1.16 bits per heavy atom. The highest BCUT2D eigenvalue weighted by molar-refractivity contribution is 6.31. The van der Waals surface area contributed by atoms with Crippen LogP contribution in [0.25, 0.3) is 0 Å². The summed E-state index contributed by atoms with van der Waals surface area (Å²) < 4.78 is 4.85. The number of aryl methyl sites for hydroxylation is 2. The van der Waals surface area contributed by atoms with E-state index in [-0.39, 0.29) is 10.6 Å². The first-order valence-corrected chi connectivity index (χ1v) is 7.63. The SMILES string of the molecule is Cc1cc(C)cc(NC(=O)COC(=O)c2ccc(Cl)cc2[N+](=O)[O-])c1. The molecule has 0 fully saturated rings. The summed E-state index contributed by atoms with van der Waals surface area (Å²) in [4.78, 5) is 34.1. The molecule has 2 rings (SSSR count). The second-order valence-corrected chi connectivity index (χ2v) is 5.86. The summed E-state index contributed by atoms with van der Waals surface area (Å²) in [5, 5.41) is 13.7. The lowest BCUT2D eigenvalue weighted by Crippen LogP contribution is -2.21. The van der Waals surface area contributed by atoms with Crippen molar-refractivity contribution in [3.63, 3.8) is 0 Å². The third-order valence-electron chi connectivity index (χ3n) is 3.22. The number of nitrogens with zero attached hydrogens (tertiary/aromatic N) is 1. The van der Waals surface area contributed by atoms with Crippen LogP contribution in [0.15, 0.2) is 36.4 Å². The number of nitro benzene ring substituents is 1. The number of nitro groups is 1. The van der Waals surface area contributed by atoms with Crippen LogP contribution >= 0.6 is 11.6 Å². The number of esters is 1. The van der Waals surface area contributed by atoms with Gasteiger partial charge in [0.05, 0.1) is 4.92 Å². The van der Waals surface area contributed by atoms with E-state index >= 15 is 0 Å². The lowest BCUT2D eigenvalue weighted by Gasteiger charge is -2.08. The molecule has 2 aromatic rings. The summed E-state index contributed by atoms with van der Waals surface area (Å²) in [5.74, 6) is -1.52. The summed E-state index contributed by atoms with van der Waals surface area (Å²) in [7, 11) is 0. The molecule has 0 aliphatic heterocycles. The number of nitrogens with one attached hydrogen (secondary N) is 1. The third-order valence-corrected chi connectivity index (χ3v) is 3.45. The molecule has 0 spiro atoms. The molecule has 0 saturated heterocycles. The molecule has 0 aliphatic carbocycles. The fraction of sp³-hybridized carbons (Fsp3) is 0.176. The standard InChI is InChI=1S/C17H15ClN2O5/c1-10-5-11(2)7-13(6-10)19-16(21)9-25-17(22)14-4-3-12(18)8-15(14)20(23)24/h3-8H,9H2,1-2H3,(H,19,21). The quantitative estimate of drug-likeness (QED) is 0.497. The predicted octanol–water partition coefficient (Wildman–Crippen LogP) is 3.66. The zero-order chi connectivity index (χ0) is 18.6. The molecule has 0 atom stereocenters. The van der Waals surface area contributed by atoms with Crippen molar-refractivity contribution in [2.45, 2.75) is 13.8 Å². The Balaban J connectivity index is 2.02. The smallest absolute Gasteiger partial charge is 0.345 e. The number of amides is 1. The van der Waals surface area contributed by atoms with Crippen LogP contribution in [-0.4, -0.2) is 23.4 Å². The van der Waals surface area contributed by atoms with Gasteiger partial charge in [-0.2, -0.15) is 0 Å². The topological polar surface area (TPSA) is 98.5 Å². The molecule has 1 N–H and O–H groups in total. The Hall–Kier alpha value is -2.93. The van der Waals surface area contributed by atoms with Gasteiger partial charge in [-0.05, 0) is 49.2 Å². The first-order chi connectivity index (χ1) is 11.8. The zero-order valence-corrected chi connectivity index (χ0v) is 14.3. The van der Waals surface area contributed by atoms with Gasteiger partial charge in [-0.1, -0.05) is 17.7 Å². The van der Waals surface area contributed by atoms with Crippen LogP contribution in [0.1, 0.15) is 21.5 Å². The molecule has 130 valence electrons. The van der Waals surface area contributed by atoms with Gasteiger partial charge in [-0.15, -0.1) is 0 Å². The van der Waals surface area contributed by atoms with Crippen LogP contribution in [-0.2, 0) is 9.53 Å². The normalized spacial score (nSPS) is 10.2. The number of hydrogen-bond acceptors (Lipinski definition) is 5. The van der Waals surface area contributed by atoms with Gasteiger partial charge in [0.1, 0.15) is 5.56 Å². The Morgan fingerprint density at radius 3 is 2.40 bits per heavy atom. The van der Waals surface area contributed by atoms with Crippen molar-refractivity contribution in [2.75, 3.05) is 11.9 Å². The van der Waals surface area contributed by atoms with Crippen molar-refractivity contribution in [3.8, 4) is 0 Å². The van der Waals surface area contributed by atoms with Gasteiger partial charge in [0.2, 0.25) is 0 Å². The number of anilines is 1. The van der Waals surface area contributed by atoms with Crippen LogP contribution in [0.2, 0.25) is 5.02 Å². The molecule has 0 aliphatic rings. The Kier molecular flexibility index (Phi) is 5.71. The number of benzene rings is 2. The van der Waals surface area contributed by atoms with Crippen molar-refractivity contribution >= 4 is 34.9 Å². The third kappa shape index (κ3) is 5.02. The average Bonchev–Trinajstić information content (AvgIpc) is 2.51. The highest BCUT2D eigenvalue weighted by Gasteiger charge is 2.22. The molecule has 1 amide bonds. The Labute approximate surface area is 148 Å². The van der Waals surface area contributed by atoms with Crippen molar-refractivity contribution in [2.24, 2.45) is 0 Å². The van der Waals surface area contributed by atoms with Crippen molar-refractivity contribution in [1.29, 1.82) is 0 Å². The number of rotatable bonds is 5. The van der Waals surface area contributed by atoms with Crippen LogP contribution in [0.4, 0.5) is 11.4 Å². The van der Waals surface area contributed by atoms with E-state index in [1.165, 1.54) is 12.1 Å². The van der Waals surface area contributed by atoms with E-state index in [2.05, 4.69) is 5.32 Å². The minimum Gasteiger partial charge on any atom is -0.452 e. The second kappa shape index (κ2) is 7.76. The molecule has 25 heavy (non-hydrogen) atoms. The number of ether oxygens (including phenoxy) is 1. The monoisotopic (exact) mass is 362 g/mol. The van der Waals surface area contributed by atoms with Crippen LogP contribution in [0.3, 0.4) is 0 Å². The van der Waals surface area contributed by atoms with Gasteiger partial charge in [-0.3, -0.25) is 14.9 Å². The first-order valence-electron chi connectivity index (χ1n) is 7.25. The second-order valence-electron chi connectivity index (χ2n) is 5.42. The lowest BCUT2D eigenvalue weighted by molar-refractivity contribution is -0.385. The minimum atomic E-state index is -0.973. The summed E-state index contributed by atoms with van der Waals surface area (Å²) in [6.45, 7) is 3.22. The van der Waals surface area contributed by atoms with Crippen molar-refractivity contribution < 1.29 is 19.2 Å². The summed E-state index contributed by atoms with van der Waals surface area (Å²) in [6.07, 6.45) is 0. The lowest BCUT2D eigenvalue weighted by atomic mass is 10.1. The Morgan fingerprint density at radius 2 is 1.80 bits per heavy atom. The maximum atomic E-state index is 12.0. The van der Waals surface area contributed by atoms with E-state index in [0.717, 1.165) is 17.2 Å². The van der Waals surface area contributed by atoms with Gasteiger partial charge in [-0.25, -0.2) is 4.79 Å². The van der Waals surface area contributed by atoms with Crippen molar-refractivity contribution in [1.82, 2.24) is 0 Å². The van der Waals surface area contributed by atoms with Crippen LogP contribution < -0.4 is 5.32 Å². The number of carbonyl (C=O) groups is 2. The molecule has 0 unspecified atom stereocenters. The summed E-state index contributed by atoms with van der Waals surface area (Å²) >= 11 is 5.69. The fourth-order valence-corrected chi connectivity index (χ4v) is 2.45. The molecule has 8 heteroatoms. The molecule has 0 saturated carbocycles. The molecule has 0 bridgehead atoms. The number of halogens is 1. The molecule has 2 aromatic carbocycles. The Bertz CT molecular complexity index is 831. The van der Waals surface area contributed by atoms with E-state index in [1.807, 2.05) is 19.9 Å². The summed E-state index contributed by atoms with van der Waals surface area (Å²) in [6, 6.07) is 9.07. The highest BCUT2D eigenvalue weighted by Crippen LogP contribution is 2.24. The van der Waals surface area contributed by atoms with Crippen LogP contribution in [0.5, 0.6) is 0 Å². The van der Waals surface area contributed by atoms with Crippen molar-refractivity contribution in [3.05, 3.63) is 68.2 Å². The molecular formula is C17H15ClN2O5. The zero-order valence-electron chi connectivity index (χ0n) is 13.5. The molecule has 0 aromatic heterocycles. The van der Waals surface area contributed by atoms with E-state index in [0.29, 0.717) is 5.69 Å². The maximum Gasteiger partial charge on any atom is 0.345 e. The number of hydrogen-bond donors (Lipinski definition) is 1. The van der Waals surface area contributed by atoms with Gasteiger partial charge >= 0.3 is 5.97 Å². The van der Waals surface area contributed by atoms with Gasteiger partial charge < -0.3 is 10.1 Å². The maximum absolute atomic E-state index is 12.0. The average molecular weight is 363 g/mol.